The molecule has 0 unspecified atom stereocenters. The number of hydrogen-bond acceptors (Lipinski definition) is 4. The number of amides is 2. The minimum Gasteiger partial charge on any atom is -0.496 e. The first-order valence-corrected chi connectivity index (χ1v) is 9.61. The number of ether oxygens (including phenoxy) is 1. The largest absolute Gasteiger partial charge is 0.496 e. The summed E-state index contributed by atoms with van der Waals surface area (Å²) in [6.07, 6.45) is 1.62. The highest BCUT2D eigenvalue weighted by Gasteiger charge is 2.26. The maximum atomic E-state index is 12.9. The van der Waals surface area contributed by atoms with E-state index in [4.69, 9.17) is 10.5 Å². The number of nitrogens with two attached hydrogens (primary N) is 1. The van der Waals surface area contributed by atoms with E-state index in [0.717, 1.165) is 11.1 Å². The number of carbonyl (C=O) groups is 2. The SMILES string of the molecule is COc1ccc(C(C)(C)C)cc1CC(=O)Nc1ccnc(C(N)=O)c1C(C)(C)C. The zero-order chi connectivity index (χ0) is 22.0. The van der Waals surface area contributed by atoms with Crippen LogP contribution in [0.2, 0.25) is 0 Å². The average Bonchev–Trinajstić information content (AvgIpc) is 2.59. The fourth-order valence-corrected chi connectivity index (χ4v) is 3.26. The highest BCUT2D eigenvalue weighted by molar-refractivity contribution is 5.98. The van der Waals surface area contributed by atoms with Crippen molar-refractivity contribution < 1.29 is 14.3 Å². The summed E-state index contributed by atoms with van der Waals surface area (Å²) >= 11 is 0. The van der Waals surface area contributed by atoms with E-state index in [9.17, 15) is 9.59 Å². The molecule has 0 atom stereocenters. The molecule has 0 saturated carbocycles. The lowest BCUT2D eigenvalue weighted by atomic mass is 9.84. The van der Waals surface area contributed by atoms with E-state index in [2.05, 4.69) is 31.1 Å². The van der Waals surface area contributed by atoms with Crippen molar-refractivity contribution in [3.05, 3.63) is 52.8 Å². The molecule has 2 amide bonds. The van der Waals surface area contributed by atoms with Crippen LogP contribution < -0.4 is 15.8 Å². The monoisotopic (exact) mass is 397 g/mol. The summed E-state index contributed by atoms with van der Waals surface area (Å²) in [6.45, 7) is 12.2. The van der Waals surface area contributed by atoms with Gasteiger partial charge in [0.1, 0.15) is 11.4 Å². The van der Waals surface area contributed by atoms with Crippen LogP contribution in [0.5, 0.6) is 5.75 Å². The molecule has 0 radical (unpaired) electrons. The number of pyridine rings is 1. The molecule has 0 saturated heterocycles. The molecule has 0 bridgehead atoms. The zero-order valence-electron chi connectivity index (χ0n) is 18.3. The van der Waals surface area contributed by atoms with E-state index in [1.807, 2.05) is 39.0 Å². The number of aromatic nitrogens is 1. The van der Waals surface area contributed by atoms with Crippen LogP contribution in [0.4, 0.5) is 5.69 Å². The summed E-state index contributed by atoms with van der Waals surface area (Å²) in [7, 11) is 1.59. The molecule has 0 fully saturated rings. The van der Waals surface area contributed by atoms with Gasteiger partial charge in [-0.3, -0.25) is 14.6 Å². The lowest BCUT2D eigenvalue weighted by Crippen LogP contribution is -2.26. The van der Waals surface area contributed by atoms with E-state index < -0.39 is 11.3 Å². The molecule has 1 aromatic carbocycles. The predicted octanol–water partition coefficient (Wildman–Crippen LogP) is 3.97. The van der Waals surface area contributed by atoms with Crippen LogP contribution in [0.3, 0.4) is 0 Å². The molecule has 2 aromatic rings. The van der Waals surface area contributed by atoms with E-state index in [0.29, 0.717) is 17.0 Å². The Morgan fingerprint density at radius 1 is 1.07 bits per heavy atom. The number of nitrogens with zero attached hydrogens (tertiary/aromatic N) is 1. The van der Waals surface area contributed by atoms with Gasteiger partial charge in [-0.2, -0.15) is 0 Å². The van der Waals surface area contributed by atoms with Crippen molar-refractivity contribution in [1.82, 2.24) is 4.98 Å². The average molecular weight is 398 g/mol. The molecule has 2 rings (SSSR count). The Hall–Kier alpha value is -2.89. The van der Waals surface area contributed by atoms with Gasteiger partial charge in [-0.15, -0.1) is 0 Å². The number of methoxy groups -OCH3 is 1. The molecular formula is C23H31N3O3. The highest BCUT2D eigenvalue weighted by atomic mass is 16.5. The molecule has 156 valence electrons. The molecule has 3 N–H and O–H groups in total. The molecule has 0 spiro atoms. The van der Waals surface area contributed by atoms with E-state index in [1.54, 1.807) is 13.2 Å². The molecule has 1 aromatic heterocycles. The Labute approximate surface area is 172 Å². The van der Waals surface area contributed by atoms with Crippen molar-refractivity contribution in [2.24, 2.45) is 5.73 Å². The smallest absolute Gasteiger partial charge is 0.267 e. The van der Waals surface area contributed by atoms with Gasteiger partial charge in [0.25, 0.3) is 5.91 Å². The highest BCUT2D eigenvalue weighted by Crippen LogP contribution is 2.32. The maximum Gasteiger partial charge on any atom is 0.267 e. The molecule has 6 heteroatoms. The van der Waals surface area contributed by atoms with Crippen LogP contribution in [0.1, 0.15) is 68.7 Å². The van der Waals surface area contributed by atoms with Crippen molar-refractivity contribution in [3.63, 3.8) is 0 Å². The second-order valence-electron chi connectivity index (χ2n) is 9.20. The van der Waals surface area contributed by atoms with Gasteiger partial charge in [0, 0.05) is 23.0 Å². The first-order chi connectivity index (χ1) is 13.3. The second-order valence-corrected chi connectivity index (χ2v) is 9.20. The van der Waals surface area contributed by atoms with Gasteiger partial charge in [-0.25, -0.2) is 0 Å². The van der Waals surface area contributed by atoms with Crippen LogP contribution in [0, 0.1) is 0 Å². The van der Waals surface area contributed by atoms with Crippen molar-refractivity contribution in [1.29, 1.82) is 0 Å². The molecule has 1 heterocycles. The number of benzene rings is 1. The van der Waals surface area contributed by atoms with Gasteiger partial charge in [0.05, 0.1) is 13.5 Å². The summed E-state index contributed by atoms with van der Waals surface area (Å²) in [4.78, 5) is 28.8. The lowest BCUT2D eigenvalue weighted by molar-refractivity contribution is -0.115. The quantitative estimate of drug-likeness (QED) is 0.798. The molecule has 0 aliphatic carbocycles. The summed E-state index contributed by atoms with van der Waals surface area (Å²) in [6, 6.07) is 7.60. The summed E-state index contributed by atoms with van der Waals surface area (Å²) in [5.41, 5.74) is 8.29. The molecule has 29 heavy (non-hydrogen) atoms. The third kappa shape index (κ3) is 5.34. The summed E-state index contributed by atoms with van der Waals surface area (Å²) in [5, 5.41) is 2.93. The van der Waals surface area contributed by atoms with Crippen LogP contribution in [0.25, 0.3) is 0 Å². The van der Waals surface area contributed by atoms with Gasteiger partial charge in [0.2, 0.25) is 5.91 Å². The second kappa shape index (κ2) is 8.23. The molecule has 0 aliphatic rings. The van der Waals surface area contributed by atoms with Crippen molar-refractivity contribution in [2.75, 3.05) is 12.4 Å². The van der Waals surface area contributed by atoms with Gasteiger partial charge < -0.3 is 15.8 Å². The van der Waals surface area contributed by atoms with Crippen molar-refractivity contribution in [2.45, 2.75) is 58.8 Å². The predicted molar refractivity (Wildman–Crippen MR) is 115 cm³/mol. The summed E-state index contributed by atoms with van der Waals surface area (Å²) < 4.78 is 5.44. The number of rotatable bonds is 5. The number of nitrogens with one attached hydrogen (secondary N) is 1. The fraction of sp³-hybridized carbons (Fsp3) is 0.435. The number of primary amides is 1. The Morgan fingerprint density at radius 3 is 2.24 bits per heavy atom. The minimum atomic E-state index is -0.620. The van der Waals surface area contributed by atoms with Crippen molar-refractivity contribution in [3.8, 4) is 5.75 Å². The van der Waals surface area contributed by atoms with Gasteiger partial charge in [-0.05, 0) is 28.5 Å². The van der Waals surface area contributed by atoms with Crippen LogP contribution in [-0.2, 0) is 22.0 Å². The standard InChI is InChI=1S/C23H31N3O3/c1-22(2,3)15-8-9-17(29-7)14(12-15)13-18(27)26-16-10-11-25-20(21(24)28)19(16)23(4,5)6/h8-12H,13H2,1-7H3,(H2,24,28)(H,25,26,27). The Morgan fingerprint density at radius 2 is 1.72 bits per heavy atom. The fourth-order valence-electron chi connectivity index (χ4n) is 3.26. The number of carbonyl (C=O) groups excluding carboxylic acids is 2. The van der Waals surface area contributed by atoms with Gasteiger partial charge in [-0.1, -0.05) is 53.7 Å². The number of hydrogen-bond donors (Lipinski definition) is 2. The Balaban J connectivity index is 2.38. The first kappa shape index (κ1) is 22.4. The number of anilines is 1. The lowest BCUT2D eigenvalue weighted by Gasteiger charge is -2.25. The molecule has 6 nitrogen and oxygen atoms in total. The molecular weight excluding hydrogens is 366 g/mol. The Kier molecular flexibility index (Phi) is 6.36. The minimum absolute atomic E-state index is 0.0433. The maximum absolute atomic E-state index is 12.9. The van der Waals surface area contributed by atoms with Crippen LogP contribution in [-0.4, -0.2) is 23.9 Å². The van der Waals surface area contributed by atoms with Crippen molar-refractivity contribution >= 4 is 17.5 Å². The third-order valence-electron chi connectivity index (χ3n) is 4.71. The summed E-state index contributed by atoms with van der Waals surface area (Å²) in [5.74, 6) is -0.163. The zero-order valence-corrected chi connectivity index (χ0v) is 18.3. The van der Waals surface area contributed by atoms with Crippen LogP contribution >= 0.6 is 0 Å². The van der Waals surface area contributed by atoms with Crippen LogP contribution in [0.15, 0.2) is 30.5 Å². The third-order valence-corrected chi connectivity index (χ3v) is 4.71. The molecule has 0 aliphatic heterocycles. The topological polar surface area (TPSA) is 94.3 Å². The van der Waals surface area contributed by atoms with E-state index >= 15 is 0 Å². The first-order valence-electron chi connectivity index (χ1n) is 9.61. The normalized spacial score (nSPS) is 11.8. The Bertz CT molecular complexity index is 922. The van der Waals surface area contributed by atoms with E-state index in [1.165, 1.54) is 6.20 Å². The van der Waals surface area contributed by atoms with E-state index in [-0.39, 0.29) is 23.4 Å². The van der Waals surface area contributed by atoms with Gasteiger partial charge in [0.15, 0.2) is 0 Å². The van der Waals surface area contributed by atoms with Gasteiger partial charge >= 0.3 is 0 Å².